The van der Waals surface area contributed by atoms with Crippen molar-refractivity contribution in [1.29, 1.82) is 0 Å². The van der Waals surface area contributed by atoms with E-state index in [0.29, 0.717) is 5.92 Å². The molecular formula is C17H32N2O2. The van der Waals surface area contributed by atoms with Gasteiger partial charge in [-0.3, -0.25) is 0 Å². The summed E-state index contributed by atoms with van der Waals surface area (Å²) in [5.74, 6) is 2.24. The molecule has 0 aromatic rings. The molecule has 0 saturated carbocycles. The summed E-state index contributed by atoms with van der Waals surface area (Å²) in [6, 6.07) is 0. The zero-order valence-electron chi connectivity index (χ0n) is 14.2. The highest BCUT2D eigenvalue weighted by Gasteiger charge is 2.32. The van der Waals surface area contributed by atoms with E-state index in [1.165, 1.54) is 32.4 Å². The molecule has 0 aromatic heterocycles. The van der Waals surface area contributed by atoms with Crippen LogP contribution in [0.15, 0.2) is 0 Å². The van der Waals surface area contributed by atoms with Crippen LogP contribution in [0.1, 0.15) is 53.4 Å². The van der Waals surface area contributed by atoms with Crippen LogP contribution in [-0.4, -0.2) is 42.8 Å². The number of carbonyl (C=O) groups excluding carboxylic acids is 1. The number of likely N-dealkylation sites (tertiary alicyclic amines) is 1. The minimum Gasteiger partial charge on any atom is -0.444 e. The van der Waals surface area contributed by atoms with Crippen molar-refractivity contribution in [2.45, 2.75) is 59.0 Å². The number of rotatable bonds is 2. The fourth-order valence-electron chi connectivity index (χ4n) is 3.58. The molecule has 122 valence electrons. The number of piperidine rings is 2. The van der Waals surface area contributed by atoms with Crippen molar-refractivity contribution < 1.29 is 9.53 Å². The quantitative estimate of drug-likeness (QED) is 0.850. The van der Waals surface area contributed by atoms with E-state index in [9.17, 15) is 4.79 Å². The maximum Gasteiger partial charge on any atom is 0.410 e. The van der Waals surface area contributed by atoms with Gasteiger partial charge in [-0.25, -0.2) is 4.79 Å². The molecule has 2 rings (SSSR count). The average molecular weight is 296 g/mol. The number of amides is 1. The van der Waals surface area contributed by atoms with E-state index in [1.54, 1.807) is 0 Å². The molecule has 1 N–H and O–H groups in total. The summed E-state index contributed by atoms with van der Waals surface area (Å²) in [6.45, 7) is 12.1. The molecular weight excluding hydrogens is 264 g/mol. The lowest BCUT2D eigenvalue weighted by Crippen LogP contribution is -2.45. The summed E-state index contributed by atoms with van der Waals surface area (Å²) < 4.78 is 5.49. The maximum atomic E-state index is 12.2. The molecule has 0 spiro atoms. The Bertz CT molecular complexity index is 345. The fourth-order valence-corrected chi connectivity index (χ4v) is 3.58. The third-order valence-electron chi connectivity index (χ3n) is 4.83. The molecule has 2 heterocycles. The smallest absolute Gasteiger partial charge is 0.410 e. The highest BCUT2D eigenvalue weighted by atomic mass is 16.6. The molecule has 0 aliphatic carbocycles. The molecule has 0 bridgehead atoms. The predicted octanol–water partition coefficient (Wildman–Crippen LogP) is 3.27. The van der Waals surface area contributed by atoms with Gasteiger partial charge in [0.25, 0.3) is 0 Å². The van der Waals surface area contributed by atoms with Crippen molar-refractivity contribution in [3.8, 4) is 0 Å². The Morgan fingerprint density at radius 1 is 1.24 bits per heavy atom. The first-order chi connectivity index (χ1) is 9.85. The van der Waals surface area contributed by atoms with Crippen molar-refractivity contribution in [1.82, 2.24) is 10.2 Å². The molecule has 2 fully saturated rings. The minimum atomic E-state index is -0.397. The van der Waals surface area contributed by atoms with Crippen LogP contribution in [0.2, 0.25) is 0 Å². The molecule has 2 atom stereocenters. The van der Waals surface area contributed by atoms with Gasteiger partial charge in [0.1, 0.15) is 5.60 Å². The second-order valence-corrected chi connectivity index (χ2v) is 7.88. The Morgan fingerprint density at radius 3 is 2.48 bits per heavy atom. The van der Waals surface area contributed by atoms with Gasteiger partial charge in [-0.1, -0.05) is 6.92 Å². The van der Waals surface area contributed by atoms with E-state index in [2.05, 4.69) is 12.2 Å². The van der Waals surface area contributed by atoms with Crippen molar-refractivity contribution in [3.63, 3.8) is 0 Å². The molecule has 0 aromatic carbocycles. The molecule has 1 amide bonds. The Kier molecular flexibility index (Phi) is 5.53. The maximum absolute atomic E-state index is 12.2. The van der Waals surface area contributed by atoms with Gasteiger partial charge in [0, 0.05) is 13.1 Å². The zero-order chi connectivity index (χ0) is 15.5. The van der Waals surface area contributed by atoms with Gasteiger partial charge in [-0.2, -0.15) is 0 Å². The fraction of sp³-hybridized carbons (Fsp3) is 0.941. The minimum absolute atomic E-state index is 0.144. The van der Waals surface area contributed by atoms with Crippen LogP contribution in [-0.2, 0) is 4.74 Å². The SMILES string of the molecule is CC1CN(C(=O)OC(C)(C)C)CCC1CC1CCNCC1. The van der Waals surface area contributed by atoms with Crippen LogP contribution < -0.4 is 5.32 Å². The van der Waals surface area contributed by atoms with Crippen molar-refractivity contribution in [2.24, 2.45) is 17.8 Å². The second-order valence-electron chi connectivity index (χ2n) is 7.88. The van der Waals surface area contributed by atoms with E-state index >= 15 is 0 Å². The van der Waals surface area contributed by atoms with Crippen molar-refractivity contribution >= 4 is 6.09 Å². The lowest BCUT2D eigenvalue weighted by atomic mass is 9.78. The Morgan fingerprint density at radius 2 is 1.90 bits per heavy atom. The molecule has 2 saturated heterocycles. The molecule has 4 nitrogen and oxygen atoms in total. The summed E-state index contributed by atoms with van der Waals surface area (Å²) in [4.78, 5) is 14.0. The van der Waals surface area contributed by atoms with Gasteiger partial charge < -0.3 is 15.0 Å². The van der Waals surface area contributed by atoms with E-state index < -0.39 is 5.60 Å². The van der Waals surface area contributed by atoms with Crippen LogP contribution in [0.5, 0.6) is 0 Å². The summed E-state index contributed by atoms with van der Waals surface area (Å²) >= 11 is 0. The second kappa shape index (κ2) is 6.99. The Hall–Kier alpha value is -0.770. The van der Waals surface area contributed by atoms with E-state index in [1.807, 2.05) is 25.7 Å². The van der Waals surface area contributed by atoms with Crippen LogP contribution in [0.25, 0.3) is 0 Å². The number of hydrogen-bond acceptors (Lipinski definition) is 3. The third kappa shape index (κ3) is 5.17. The van der Waals surface area contributed by atoms with Crippen LogP contribution in [0.3, 0.4) is 0 Å². The van der Waals surface area contributed by atoms with Gasteiger partial charge in [0.2, 0.25) is 0 Å². The van der Waals surface area contributed by atoms with Crippen LogP contribution in [0, 0.1) is 17.8 Å². The van der Waals surface area contributed by atoms with E-state index in [-0.39, 0.29) is 6.09 Å². The first kappa shape index (κ1) is 16.6. The van der Waals surface area contributed by atoms with Gasteiger partial charge in [0.15, 0.2) is 0 Å². The molecule has 21 heavy (non-hydrogen) atoms. The number of nitrogens with zero attached hydrogens (tertiary/aromatic N) is 1. The van der Waals surface area contributed by atoms with Gasteiger partial charge in [0.05, 0.1) is 0 Å². The Balaban J connectivity index is 1.79. The molecule has 2 aliphatic rings. The monoisotopic (exact) mass is 296 g/mol. The average Bonchev–Trinajstić information content (AvgIpc) is 2.40. The van der Waals surface area contributed by atoms with Crippen molar-refractivity contribution in [2.75, 3.05) is 26.2 Å². The summed E-state index contributed by atoms with van der Waals surface area (Å²) in [5.41, 5.74) is -0.397. The lowest BCUT2D eigenvalue weighted by molar-refractivity contribution is 0.00968. The number of hydrogen-bond donors (Lipinski definition) is 1. The molecule has 4 heteroatoms. The van der Waals surface area contributed by atoms with E-state index in [0.717, 1.165) is 31.3 Å². The van der Waals surface area contributed by atoms with Crippen LogP contribution in [0.4, 0.5) is 4.79 Å². The number of carbonyl (C=O) groups is 1. The predicted molar refractivity (Wildman–Crippen MR) is 85.3 cm³/mol. The summed E-state index contributed by atoms with van der Waals surface area (Å²) in [7, 11) is 0. The standard InChI is InChI=1S/C17H32N2O2/c1-13-12-19(16(20)21-17(2,3)4)10-7-15(13)11-14-5-8-18-9-6-14/h13-15,18H,5-12H2,1-4H3. The van der Waals surface area contributed by atoms with Gasteiger partial charge >= 0.3 is 6.09 Å². The van der Waals surface area contributed by atoms with Gasteiger partial charge in [-0.05, 0) is 77.3 Å². The van der Waals surface area contributed by atoms with Gasteiger partial charge in [-0.15, -0.1) is 0 Å². The molecule has 2 aliphatic heterocycles. The Labute approximate surface area is 129 Å². The number of ether oxygens (including phenoxy) is 1. The summed E-state index contributed by atoms with van der Waals surface area (Å²) in [5, 5.41) is 3.44. The molecule has 2 unspecified atom stereocenters. The molecule has 0 radical (unpaired) electrons. The van der Waals surface area contributed by atoms with Crippen molar-refractivity contribution in [3.05, 3.63) is 0 Å². The highest BCUT2D eigenvalue weighted by molar-refractivity contribution is 5.68. The third-order valence-corrected chi connectivity index (χ3v) is 4.83. The number of nitrogens with one attached hydrogen (secondary N) is 1. The normalized spacial score (nSPS) is 28.5. The first-order valence-electron chi connectivity index (χ1n) is 8.54. The summed E-state index contributed by atoms with van der Waals surface area (Å²) in [6.07, 6.45) is 4.96. The zero-order valence-corrected chi connectivity index (χ0v) is 14.2. The van der Waals surface area contributed by atoms with Crippen LogP contribution >= 0.6 is 0 Å². The lowest BCUT2D eigenvalue weighted by Gasteiger charge is -2.39. The highest BCUT2D eigenvalue weighted by Crippen LogP contribution is 2.32. The largest absolute Gasteiger partial charge is 0.444 e. The first-order valence-corrected chi connectivity index (χ1v) is 8.54. The topological polar surface area (TPSA) is 41.6 Å². The van der Waals surface area contributed by atoms with E-state index in [4.69, 9.17) is 4.74 Å².